The molecule has 0 heterocycles. The zero-order chi connectivity index (χ0) is 17.9. The zero-order valence-corrected chi connectivity index (χ0v) is 15.9. The van der Waals surface area contributed by atoms with Crippen LogP contribution in [0.3, 0.4) is 0 Å². The fourth-order valence-corrected chi connectivity index (χ4v) is 5.92. The van der Waals surface area contributed by atoms with E-state index in [-0.39, 0.29) is 17.0 Å². The van der Waals surface area contributed by atoms with Crippen LogP contribution in [0.1, 0.15) is 61.6 Å². The van der Waals surface area contributed by atoms with Gasteiger partial charge in [0.25, 0.3) is 0 Å². The fourth-order valence-electron chi connectivity index (χ4n) is 4.35. The maximum Gasteiger partial charge on any atom is 0.150 e. The van der Waals surface area contributed by atoms with Crippen molar-refractivity contribution in [2.75, 3.05) is 6.26 Å². The van der Waals surface area contributed by atoms with Crippen molar-refractivity contribution in [2.24, 2.45) is 5.92 Å². The van der Waals surface area contributed by atoms with Crippen LogP contribution in [0.2, 0.25) is 0 Å². The van der Waals surface area contributed by atoms with Crippen molar-refractivity contribution in [3.05, 3.63) is 41.0 Å². The molecule has 2 aliphatic carbocycles. The van der Waals surface area contributed by atoms with Gasteiger partial charge in [-0.15, -0.1) is 0 Å². The third kappa shape index (κ3) is 4.81. The number of Topliss-reactive ketones (excluding diaryl/α,β-unsaturated/α-hetero) is 1. The van der Waals surface area contributed by atoms with E-state index in [9.17, 15) is 13.2 Å². The van der Waals surface area contributed by atoms with Crippen molar-refractivity contribution in [3.63, 3.8) is 0 Å². The predicted molar refractivity (Wildman–Crippen MR) is 102 cm³/mol. The molecule has 0 saturated heterocycles. The molecule has 0 N–H and O–H groups in total. The molecule has 2 aliphatic rings. The molecular formula is C21H28O3S. The third-order valence-corrected chi connectivity index (χ3v) is 7.39. The lowest BCUT2D eigenvalue weighted by Gasteiger charge is -2.30. The molecule has 1 aromatic carbocycles. The van der Waals surface area contributed by atoms with Crippen LogP contribution in [0, 0.1) is 5.92 Å². The molecule has 0 bridgehead atoms. The van der Waals surface area contributed by atoms with Crippen LogP contribution < -0.4 is 0 Å². The van der Waals surface area contributed by atoms with Crippen molar-refractivity contribution in [2.45, 2.75) is 63.0 Å². The quantitative estimate of drug-likeness (QED) is 0.734. The summed E-state index contributed by atoms with van der Waals surface area (Å²) in [6.45, 7) is 0. The molecule has 2 unspecified atom stereocenters. The number of carbonyl (C=O) groups excluding carboxylic acids is 1. The van der Waals surface area contributed by atoms with Crippen LogP contribution >= 0.6 is 0 Å². The maximum atomic E-state index is 12.3. The molecule has 1 saturated carbocycles. The molecule has 136 valence electrons. The zero-order valence-electron chi connectivity index (χ0n) is 15.0. The minimum atomic E-state index is -2.97. The van der Waals surface area contributed by atoms with Gasteiger partial charge in [-0.2, -0.15) is 0 Å². The van der Waals surface area contributed by atoms with E-state index in [4.69, 9.17) is 0 Å². The number of fused-ring (bicyclic) bond motifs is 1. The number of rotatable bonds is 7. The third-order valence-electron chi connectivity index (χ3n) is 5.67. The van der Waals surface area contributed by atoms with Gasteiger partial charge in [-0.05, 0) is 54.7 Å². The largest absolute Gasteiger partial charge is 0.299 e. The van der Waals surface area contributed by atoms with Crippen LogP contribution in [0.5, 0.6) is 0 Å². The summed E-state index contributed by atoms with van der Waals surface area (Å²) < 4.78 is 23.9. The summed E-state index contributed by atoms with van der Waals surface area (Å²) in [5.41, 5.74) is 3.66. The van der Waals surface area contributed by atoms with E-state index in [2.05, 4.69) is 30.4 Å². The summed E-state index contributed by atoms with van der Waals surface area (Å²) >= 11 is 0. The summed E-state index contributed by atoms with van der Waals surface area (Å²) in [7, 11) is -2.97. The highest BCUT2D eigenvalue weighted by Crippen LogP contribution is 2.32. The number of hydrogen-bond donors (Lipinski definition) is 0. The van der Waals surface area contributed by atoms with Gasteiger partial charge in [-0.1, -0.05) is 43.2 Å². The van der Waals surface area contributed by atoms with Crippen LogP contribution in [0.25, 0.3) is 6.08 Å². The Hall–Kier alpha value is -1.42. The Kier molecular flexibility index (Phi) is 5.78. The van der Waals surface area contributed by atoms with Gasteiger partial charge >= 0.3 is 0 Å². The van der Waals surface area contributed by atoms with Gasteiger partial charge in [0.1, 0.15) is 5.78 Å². The normalized spacial score (nSPS) is 22.8. The van der Waals surface area contributed by atoms with Gasteiger partial charge in [0.05, 0.1) is 5.25 Å². The number of benzene rings is 1. The second-order valence-corrected chi connectivity index (χ2v) is 9.92. The highest BCUT2D eigenvalue weighted by Gasteiger charge is 2.32. The standard InChI is InChI=1S/C21H28O3S/c1-25(23,24)21-11-3-2-6-18(21)8-5-10-20(22)15-16-12-13-17-7-4-9-19(17)14-16/h4,9,12-14,18,21H,2-3,5-8,10-11,15H2,1H3. The molecular weight excluding hydrogens is 332 g/mol. The maximum absolute atomic E-state index is 12.3. The van der Waals surface area contributed by atoms with Crippen molar-refractivity contribution in [3.8, 4) is 0 Å². The lowest BCUT2D eigenvalue weighted by Crippen LogP contribution is -2.32. The van der Waals surface area contributed by atoms with Crippen molar-refractivity contribution < 1.29 is 13.2 Å². The minimum Gasteiger partial charge on any atom is -0.299 e. The molecule has 1 fully saturated rings. The van der Waals surface area contributed by atoms with E-state index < -0.39 is 9.84 Å². The second kappa shape index (κ2) is 7.86. The van der Waals surface area contributed by atoms with Crippen LogP contribution in [-0.4, -0.2) is 25.7 Å². The van der Waals surface area contributed by atoms with Gasteiger partial charge in [-0.3, -0.25) is 4.79 Å². The minimum absolute atomic E-state index is 0.195. The molecule has 0 aromatic heterocycles. The van der Waals surface area contributed by atoms with Crippen molar-refractivity contribution in [1.29, 1.82) is 0 Å². The van der Waals surface area contributed by atoms with Gasteiger partial charge in [-0.25, -0.2) is 8.42 Å². The second-order valence-electron chi connectivity index (χ2n) is 7.66. The Morgan fingerprint density at radius 2 is 2.00 bits per heavy atom. The van der Waals surface area contributed by atoms with Gasteiger partial charge < -0.3 is 0 Å². The van der Waals surface area contributed by atoms with E-state index in [0.717, 1.165) is 50.5 Å². The Labute approximate surface area is 151 Å². The molecule has 2 atom stereocenters. The van der Waals surface area contributed by atoms with Crippen LogP contribution in [0.4, 0.5) is 0 Å². The lowest BCUT2D eigenvalue weighted by atomic mass is 9.85. The number of sulfone groups is 1. The SMILES string of the molecule is CS(=O)(=O)C1CCCCC1CCCC(=O)Cc1ccc2c(c1)C=CC2. The molecule has 0 radical (unpaired) electrons. The average Bonchev–Trinajstić information content (AvgIpc) is 3.02. The molecule has 3 nitrogen and oxygen atoms in total. The Morgan fingerprint density at radius 1 is 1.20 bits per heavy atom. The number of hydrogen-bond acceptors (Lipinski definition) is 3. The van der Waals surface area contributed by atoms with Crippen molar-refractivity contribution >= 4 is 21.7 Å². The first-order valence-electron chi connectivity index (χ1n) is 9.42. The molecule has 0 aliphatic heterocycles. The van der Waals surface area contributed by atoms with Crippen molar-refractivity contribution in [1.82, 2.24) is 0 Å². The highest BCUT2D eigenvalue weighted by molar-refractivity contribution is 7.91. The molecule has 25 heavy (non-hydrogen) atoms. The monoisotopic (exact) mass is 360 g/mol. The topological polar surface area (TPSA) is 51.2 Å². The first-order chi connectivity index (χ1) is 11.9. The summed E-state index contributed by atoms with van der Waals surface area (Å²) in [5, 5.41) is -0.195. The van der Waals surface area contributed by atoms with Crippen LogP contribution in [0.15, 0.2) is 24.3 Å². The summed E-state index contributed by atoms with van der Waals surface area (Å²) in [4.78, 5) is 12.3. The summed E-state index contributed by atoms with van der Waals surface area (Å²) in [6, 6.07) is 6.30. The van der Waals surface area contributed by atoms with E-state index in [0.29, 0.717) is 12.8 Å². The fraction of sp³-hybridized carbons (Fsp3) is 0.571. The molecule has 0 amide bonds. The Bertz CT molecular complexity index is 761. The molecule has 0 spiro atoms. The molecule has 3 rings (SSSR count). The van der Waals surface area contributed by atoms with E-state index in [1.54, 1.807) is 0 Å². The highest BCUT2D eigenvalue weighted by atomic mass is 32.2. The molecule has 4 heteroatoms. The first kappa shape index (κ1) is 18.4. The number of allylic oxidation sites excluding steroid dienone is 1. The average molecular weight is 361 g/mol. The lowest BCUT2D eigenvalue weighted by molar-refractivity contribution is -0.118. The van der Waals surface area contributed by atoms with E-state index >= 15 is 0 Å². The van der Waals surface area contributed by atoms with Crippen LogP contribution in [-0.2, 0) is 27.5 Å². The Balaban J connectivity index is 1.48. The smallest absolute Gasteiger partial charge is 0.150 e. The predicted octanol–water partition coefficient (Wildman–Crippen LogP) is 4.14. The molecule has 1 aromatic rings. The van der Waals surface area contributed by atoms with Gasteiger partial charge in [0, 0.05) is 19.1 Å². The number of carbonyl (C=O) groups is 1. The Morgan fingerprint density at radius 3 is 2.80 bits per heavy atom. The van der Waals surface area contributed by atoms with E-state index in [1.165, 1.54) is 17.4 Å². The first-order valence-corrected chi connectivity index (χ1v) is 11.4. The summed E-state index contributed by atoms with van der Waals surface area (Å²) in [6.07, 6.45) is 13.3. The summed E-state index contributed by atoms with van der Waals surface area (Å²) in [5.74, 6) is 0.496. The van der Waals surface area contributed by atoms with Gasteiger partial charge in [0.15, 0.2) is 9.84 Å². The van der Waals surface area contributed by atoms with Gasteiger partial charge in [0.2, 0.25) is 0 Å². The van der Waals surface area contributed by atoms with E-state index in [1.807, 2.05) is 0 Å². The number of ketones is 1.